The van der Waals surface area contributed by atoms with Crippen molar-refractivity contribution >= 4 is 29.2 Å². The molecule has 5 nitrogen and oxygen atoms in total. The first-order valence-corrected chi connectivity index (χ1v) is 6.82. The second kappa shape index (κ2) is 4.93. The van der Waals surface area contributed by atoms with Gasteiger partial charge < -0.3 is 14.6 Å². The minimum Gasteiger partial charge on any atom is -0.481 e. The molecule has 1 aromatic carbocycles. The van der Waals surface area contributed by atoms with Crippen LogP contribution in [0.2, 0.25) is 5.02 Å². The third kappa shape index (κ3) is 2.19. The van der Waals surface area contributed by atoms with Crippen LogP contribution in [0.1, 0.15) is 22.0 Å². The maximum Gasteiger partial charge on any atom is 0.312 e. The van der Waals surface area contributed by atoms with Crippen LogP contribution in [0.15, 0.2) is 36.5 Å². The molecule has 21 heavy (non-hydrogen) atoms. The van der Waals surface area contributed by atoms with Gasteiger partial charge in [-0.25, -0.2) is 0 Å². The average Bonchev–Trinajstić information content (AvgIpc) is 2.98. The van der Waals surface area contributed by atoms with Crippen molar-refractivity contribution in [1.29, 1.82) is 0 Å². The molecule has 1 aliphatic heterocycles. The predicted molar refractivity (Wildman–Crippen MR) is 78.9 cm³/mol. The molecule has 0 bridgehead atoms. The number of carboxylic acid groups (broad SMARTS) is 1. The van der Waals surface area contributed by atoms with Crippen molar-refractivity contribution in [1.82, 2.24) is 4.57 Å². The van der Waals surface area contributed by atoms with Gasteiger partial charge in [-0.3, -0.25) is 9.59 Å². The van der Waals surface area contributed by atoms with Gasteiger partial charge in [-0.15, -0.1) is 0 Å². The number of aryl methyl sites for hydroxylation is 1. The first kappa shape index (κ1) is 13.7. The molecule has 2 aromatic rings. The van der Waals surface area contributed by atoms with Gasteiger partial charge in [0, 0.05) is 25.5 Å². The van der Waals surface area contributed by atoms with Gasteiger partial charge in [0.15, 0.2) is 0 Å². The summed E-state index contributed by atoms with van der Waals surface area (Å²) in [6, 6.07) is 8.67. The molecule has 6 heteroatoms. The third-order valence-corrected chi connectivity index (χ3v) is 3.91. The number of aliphatic carboxylic acids is 1. The molecule has 0 saturated heterocycles. The summed E-state index contributed by atoms with van der Waals surface area (Å²) < 4.78 is 1.64. The smallest absolute Gasteiger partial charge is 0.312 e. The Morgan fingerprint density at radius 3 is 2.67 bits per heavy atom. The lowest BCUT2D eigenvalue weighted by Gasteiger charge is -2.17. The van der Waals surface area contributed by atoms with Crippen molar-refractivity contribution in [2.45, 2.75) is 5.92 Å². The number of amides is 1. The van der Waals surface area contributed by atoms with E-state index in [4.69, 9.17) is 11.6 Å². The molecule has 1 unspecified atom stereocenters. The zero-order chi connectivity index (χ0) is 15.1. The molecule has 1 atom stereocenters. The van der Waals surface area contributed by atoms with Crippen LogP contribution in [0.4, 0.5) is 5.69 Å². The van der Waals surface area contributed by atoms with E-state index in [1.54, 1.807) is 48.1 Å². The van der Waals surface area contributed by atoms with Crippen LogP contribution in [0.25, 0.3) is 0 Å². The summed E-state index contributed by atoms with van der Waals surface area (Å²) in [5, 5.41) is 9.80. The van der Waals surface area contributed by atoms with Crippen LogP contribution < -0.4 is 4.90 Å². The number of carbonyl (C=O) groups is 2. The van der Waals surface area contributed by atoms with E-state index in [2.05, 4.69) is 0 Å². The second-order valence-corrected chi connectivity index (χ2v) is 5.46. The van der Waals surface area contributed by atoms with Gasteiger partial charge in [-0.1, -0.05) is 29.8 Å². The number of carboxylic acids is 1. The Labute approximate surface area is 126 Å². The zero-order valence-corrected chi connectivity index (χ0v) is 12.0. The second-order valence-electron chi connectivity index (χ2n) is 5.02. The van der Waals surface area contributed by atoms with E-state index < -0.39 is 11.9 Å². The molecule has 0 aliphatic carbocycles. The monoisotopic (exact) mass is 304 g/mol. The minimum atomic E-state index is -0.928. The summed E-state index contributed by atoms with van der Waals surface area (Å²) in [7, 11) is 1.73. The Morgan fingerprint density at radius 2 is 2.05 bits per heavy atom. The zero-order valence-electron chi connectivity index (χ0n) is 11.3. The average molecular weight is 305 g/mol. The largest absolute Gasteiger partial charge is 0.481 e. The molecule has 0 fully saturated rings. The van der Waals surface area contributed by atoms with E-state index in [-0.39, 0.29) is 12.5 Å². The Hall–Kier alpha value is -2.27. The number of hydrogen-bond acceptors (Lipinski definition) is 2. The van der Waals surface area contributed by atoms with Crippen molar-refractivity contribution in [2.75, 3.05) is 11.4 Å². The topological polar surface area (TPSA) is 62.5 Å². The molecule has 3 rings (SSSR count). The molecular weight excluding hydrogens is 292 g/mol. The van der Waals surface area contributed by atoms with Gasteiger partial charge in [-0.05, 0) is 17.7 Å². The number of halogens is 1. The van der Waals surface area contributed by atoms with Gasteiger partial charge in [0.05, 0.1) is 5.02 Å². The van der Waals surface area contributed by atoms with E-state index in [0.717, 1.165) is 0 Å². The number of anilines is 1. The number of benzene rings is 1. The first-order chi connectivity index (χ1) is 9.99. The molecule has 1 N–H and O–H groups in total. The van der Waals surface area contributed by atoms with Gasteiger partial charge in [0.1, 0.15) is 11.6 Å². The first-order valence-electron chi connectivity index (χ1n) is 6.44. The van der Waals surface area contributed by atoms with Crippen molar-refractivity contribution in [3.8, 4) is 0 Å². The summed E-state index contributed by atoms with van der Waals surface area (Å²) in [4.78, 5) is 25.5. The van der Waals surface area contributed by atoms with Gasteiger partial charge in [0.25, 0.3) is 5.91 Å². The van der Waals surface area contributed by atoms with E-state index in [9.17, 15) is 14.7 Å². The fourth-order valence-corrected chi connectivity index (χ4v) is 2.94. The molecule has 2 heterocycles. The van der Waals surface area contributed by atoms with Crippen LogP contribution in [0, 0.1) is 0 Å². The molecule has 0 saturated carbocycles. The fraction of sp³-hybridized carbons (Fsp3) is 0.200. The SMILES string of the molecule is Cn1cc(Cl)cc1C(=O)N1CC(C(=O)O)c2ccccc21. The Balaban J connectivity index is 2.02. The number of carbonyl (C=O) groups excluding carboxylic acids is 1. The van der Waals surface area contributed by atoms with Crippen LogP contribution >= 0.6 is 11.6 Å². The van der Waals surface area contributed by atoms with Crippen molar-refractivity contribution in [3.63, 3.8) is 0 Å². The minimum absolute atomic E-state index is 0.135. The number of nitrogens with zero attached hydrogens (tertiary/aromatic N) is 2. The van der Waals surface area contributed by atoms with Gasteiger partial charge in [-0.2, -0.15) is 0 Å². The highest BCUT2D eigenvalue weighted by atomic mass is 35.5. The Morgan fingerprint density at radius 1 is 1.33 bits per heavy atom. The summed E-state index contributed by atoms with van der Waals surface area (Å²) in [5.41, 5.74) is 1.74. The number of hydrogen-bond donors (Lipinski definition) is 1. The van der Waals surface area contributed by atoms with Crippen molar-refractivity contribution in [2.24, 2.45) is 7.05 Å². The number of rotatable bonds is 2. The summed E-state index contributed by atoms with van der Waals surface area (Å²) >= 11 is 5.91. The molecule has 1 aliphatic rings. The van der Waals surface area contributed by atoms with E-state index in [0.29, 0.717) is 22.0 Å². The number of fused-ring (bicyclic) bond motifs is 1. The van der Waals surface area contributed by atoms with Crippen LogP contribution in [0.3, 0.4) is 0 Å². The number of aromatic nitrogens is 1. The molecule has 0 spiro atoms. The molecule has 1 aromatic heterocycles. The highest BCUT2D eigenvalue weighted by Crippen LogP contribution is 2.37. The van der Waals surface area contributed by atoms with Gasteiger partial charge in [0.2, 0.25) is 0 Å². The van der Waals surface area contributed by atoms with E-state index >= 15 is 0 Å². The van der Waals surface area contributed by atoms with Crippen LogP contribution in [-0.4, -0.2) is 28.1 Å². The molecule has 0 radical (unpaired) electrons. The van der Waals surface area contributed by atoms with Crippen LogP contribution in [0.5, 0.6) is 0 Å². The Bertz CT molecular complexity index is 738. The molecule has 1 amide bonds. The summed E-state index contributed by atoms with van der Waals surface area (Å²) in [6.07, 6.45) is 1.64. The summed E-state index contributed by atoms with van der Waals surface area (Å²) in [5.74, 6) is -1.87. The highest BCUT2D eigenvalue weighted by molar-refractivity contribution is 6.31. The molecular formula is C15H13ClN2O3. The maximum absolute atomic E-state index is 12.7. The van der Waals surface area contributed by atoms with Gasteiger partial charge >= 0.3 is 5.97 Å². The van der Waals surface area contributed by atoms with Crippen molar-refractivity contribution in [3.05, 3.63) is 52.8 Å². The lowest BCUT2D eigenvalue weighted by molar-refractivity contribution is -0.138. The maximum atomic E-state index is 12.7. The predicted octanol–water partition coefficient (Wildman–Crippen LogP) is 2.51. The standard InChI is InChI=1S/C15H13ClN2O3/c1-17-7-9(16)6-13(17)14(19)18-8-11(15(20)21)10-4-2-3-5-12(10)18/h2-7,11H,8H2,1H3,(H,20,21). The lowest BCUT2D eigenvalue weighted by atomic mass is 10.0. The lowest BCUT2D eigenvalue weighted by Crippen LogP contribution is -2.32. The van der Waals surface area contributed by atoms with Crippen molar-refractivity contribution < 1.29 is 14.7 Å². The highest BCUT2D eigenvalue weighted by Gasteiger charge is 2.37. The van der Waals surface area contributed by atoms with E-state index in [1.807, 2.05) is 0 Å². The number of para-hydroxylation sites is 1. The van der Waals surface area contributed by atoms with E-state index in [1.165, 1.54) is 4.90 Å². The normalized spacial score (nSPS) is 16.9. The quantitative estimate of drug-likeness (QED) is 0.927. The Kier molecular flexibility index (Phi) is 3.22. The summed E-state index contributed by atoms with van der Waals surface area (Å²) in [6.45, 7) is 0.135. The molecule has 108 valence electrons. The van der Waals surface area contributed by atoms with Crippen LogP contribution in [-0.2, 0) is 11.8 Å². The fourth-order valence-electron chi connectivity index (χ4n) is 2.69. The third-order valence-electron chi connectivity index (χ3n) is 3.70.